The zero-order valence-electron chi connectivity index (χ0n) is 37.9. The number of furan rings is 1. The molecule has 0 spiro atoms. The Morgan fingerprint density at radius 1 is 0.868 bits per heavy atom. The molecule has 0 saturated heterocycles. The fraction of sp³-hybridized carbons (Fsp3) is 0.385. The van der Waals surface area contributed by atoms with Crippen molar-refractivity contribution in [3.8, 4) is 28.6 Å². The van der Waals surface area contributed by atoms with Crippen molar-refractivity contribution in [1.82, 2.24) is 4.90 Å². The Morgan fingerprint density at radius 3 is 2.28 bits per heavy atom. The smallest absolute Gasteiger partial charge is 0.493 e. The number of ketones is 1. The molecule has 2 N–H and O–H groups in total. The standard InChI is InChI=1S/C52H52ClF6NO8/c1-31-6-5-22-49(2)41(38-16-10-33(24-36(61)13-7-31)25-39(38)48(63)45-20-19-43(67-45)40-28-35(51(54,55)56)12-17-42(40)53)21-23-50(49,64)30-60(29-32-8-14-37(15-9-32)68-52(57,58)59)47(62)27-34-11-18-44(65-3)46(26-34)66-4/h6,8-12,14-20,25-26,28,36,41,61,64H,5,7,13,21-24,27,29-30H2,1-4H3. The number of allylic oxidation sites excluding steroid dienone is 2. The molecule has 4 aromatic carbocycles. The molecule has 9 nitrogen and oxygen atoms in total. The largest absolute Gasteiger partial charge is 0.573 e. The molecular weight excluding hydrogens is 916 g/mol. The third kappa shape index (κ3) is 11.2. The first-order valence-electron chi connectivity index (χ1n) is 22.1. The Hall–Kier alpha value is -5.77. The summed E-state index contributed by atoms with van der Waals surface area (Å²) in [6.45, 7) is 3.64. The minimum absolute atomic E-state index is 0.0153. The molecule has 1 amide bonds. The monoisotopic (exact) mass is 967 g/mol. The number of carbonyl (C=O) groups is 2. The van der Waals surface area contributed by atoms with Gasteiger partial charge in [0, 0.05) is 23.1 Å². The zero-order chi connectivity index (χ0) is 49.2. The van der Waals surface area contributed by atoms with Gasteiger partial charge in [-0.2, -0.15) is 13.2 Å². The van der Waals surface area contributed by atoms with E-state index in [1.165, 1.54) is 43.4 Å². The molecule has 16 heteroatoms. The highest BCUT2D eigenvalue weighted by Gasteiger charge is 2.57. The van der Waals surface area contributed by atoms with Crippen molar-refractivity contribution in [1.29, 1.82) is 0 Å². The summed E-state index contributed by atoms with van der Waals surface area (Å²) in [6, 6.07) is 21.1. The minimum atomic E-state index is -4.91. The fourth-order valence-electron chi connectivity index (χ4n) is 9.67. The second-order valence-corrected chi connectivity index (χ2v) is 18.3. The average molecular weight is 968 g/mol. The molecule has 68 heavy (non-hydrogen) atoms. The van der Waals surface area contributed by atoms with Crippen LogP contribution in [0.4, 0.5) is 26.3 Å². The van der Waals surface area contributed by atoms with Crippen LogP contribution in [0.2, 0.25) is 5.02 Å². The number of fused-ring (bicyclic) bond motifs is 8. The van der Waals surface area contributed by atoms with Crippen molar-refractivity contribution in [3.63, 3.8) is 0 Å². The second-order valence-electron chi connectivity index (χ2n) is 17.9. The van der Waals surface area contributed by atoms with Gasteiger partial charge in [-0.25, -0.2) is 0 Å². The summed E-state index contributed by atoms with van der Waals surface area (Å²) in [4.78, 5) is 30.8. The van der Waals surface area contributed by atoms with E-state index in [0.717, 1.165) is 35.9 Å². The van der Waals surface area contributed by atoms with Crippen molar-refractivity contribution in [2.45, 2.75) is 102 Å². The third-order valence-corrected chi connectivity index (χ3v) is 13.8. The number of ether oxygens (including phenoxy) is 3. The highest BCUT2D eigenvalue weighted by atomic mass is 35.5. The van der Waals surface area contributed by atoms with Gasteiger partial charge in [0.1, 0.15) is 11.5 Å². The van der Waals surface area contributed by atoms with Crippen LogP contribution in [0.3, 0.4) is 0 Å². The summed E-state index contributed by atoms with van der Waals surface area (Å²) in [5.74, 6) is -1.27. The van der Waals surface area contributed by atoms with Crippen LogP contribution in [0.25, 0.3) is 11.3 Å². The van der Waals surface area contributed by atoms with Crippen molar-refractivity contribution in [2.75, 3.05) is 20.8 Å². The van der Waals surface area contributed by atoms with Gasteiger partial charge >= 0.3 is 12.5 Å². The molecule has 4 unspecified atom stereocenters. The molecule has 1 saturated carbocycles. The molecule has 3 aliphatic carbocycles. The van der Waals surface area contributed by atoms with Gasteiger partial charge in [0.2, 0.25) is 11.7 Å². The molecule has 4 atom stereocenters. The molecule has 1 heterocycles. The molecular formula is C52H52ClF6NO8. The van der Waals surface area contributed by atoms with Crippen molar-refractivity contribution in [3.05, 3.63) is 147 Å². The van der Waals surface area contributed by atoms with E-state index in [0.29, 0.717) is 65.9 Å². The predicted octanol–water partition coefficient (Wildman–Crippen LogP) is 12.1. The number of methoxy groups -OCH3 is 2. The van der Waals surface area contributed by atoms with E-state index in [-0.39, 0.29) is 60.0 Å². The SMILES string of the molecule is COc1ccc(CC(=O)N(Cc2ccc(OC(F)(F)F)cc2)CC2(O)CCC3c4ccc(cc4C(=O)c4ccc(-c5cc(C(F)(F)F)ccc5Cl)o4)CC(O)CCC(C)=CCCC32C)cc1OC. The Bertz CT molecular complexity index is 2660. The highest BCUT2D eigenvalue weighted by molar-refractivity contribution is 6.33. The Balaban J connectivity index is 1.28. The molecule has 1 fully saturated rings. The fourth-order valence-corrected chi connectivity index (χ4v) is 9.88. The maximum atomic E-state index is 14.8. The average Bonchev–Trinajstić information content (AvgIpc) is 3.87. The quantitative estimate of drug-likeness (QED) is 0.0721. The number of benzene rings is 4. The van der Waals surface area contributed by atoms with Crippen LogP contribution in [0.1, 0.15) is 102 Å². The van der Waals surface area contributed by atoms with Gasteiger partial charge in [0.25, 0.3) is 0 Å². The highest BCUT2D eigenvalue weighted by Crippen LogP contribution is 2.59. The lowest BCUT2D eigenvalue weighted by atomic mass is 9.64. The molecule has 0 aliphatic heterocycles. The summed E-state index contributed by atoms with van der Waals surface area (Å²) in [5, 5.41) is 24.3. The third-order valence-electron chi connectivity index (χ3n) is 13.4. The molecule has 8 rings (SSSR count). The number of nitrogens with zero attached hydrogens (tertiary/aromatic N) is 1. The van der Waals surface area contributed by atoms with Crippen molar-refractivity contribution >= 4 is 23.3 Å². The van der Waals surface area contributed by atoms with Crippen LogP contribution < -0.4 is 14.2 Å². The van der Waals surface area contributed by atoms with Gasteiger partial charge < -0.3 is 33.7 Å². The van der Waals surface area contributed by atoms with Gasteiger partial charge in [-0.3, -0.25) is 9.59 Å². The van der Waals surface area contributed by atoms with Crippen LogP contribution in [0.5, 0.6) is 17.2 Å². The molecule has 5 aromatic rings. The van der Waals surface area contributed by atoms with E-state index in [1.54, 1.807) is 24.3 Å². The van der Waals surface area contributed by atoms with E-state index >= 15 is 0 Å². The maximum Gasteiger partial charge on any atom is 0.573 e. The maximum absolute atomic E-state index is 14.8. The molecule has 362 valence electrons. The lowest BCUT2D eigenvalue weighted by Gasteiger charge is -2.46. The second kappa shape index (κ2) is 20.1. The number of carbonyl (C=O) groups excluding carboxylic acids is 2. The molecule has 2 bridgehead atoms. The Kier molecular flexibility index (Phi) is 14.8. The summed E-state index contributed by atoms with van der Waals surface area (Å²) in [6.07, 6.45) is -5.66. The van der Waals surface area contributed by atoms with E-state index in [9.17, 15) is 46.1 Å². The van der Waals surface area contributed by atoms with Gasteiger partial charge in [0.15, 0.2) is 17.3 Å². The van der Waals surface area contributed by atoms with Gasteiger partial charge in [-0.1, -0.05) is 60.5 Å². The van der Waals surface area contributed by atoms with Gasteiger partial charge in [-0.05, 0) is 141 Å². The van der Waals surface area contributed by atoms with E-state index in [1.807, 2.05) is 26.0 Å². The summed E-state index contributed by atoms with van der Waals surface area (Å²) in [5.41, 5.74) is -0.0839. The van der Waals surface area contributed by atoms with Crippen molar-refractivity contribution < 1.29 is 64.8 Å². The number of aliphatic hydroxyl groups is 2. The van der Waals surface area contributed by atoms with Crippen LogP contribution in [0, 0.1) is 5.41 Å². The van der Waals surface area contributed by atoms with Crippen molar-refractivity contribution in [2.24, 2.45) is 5.41 Å². The number of alkyl halides is 6. The van der Waals surface area contributed by atoms with Crippen LogP contribution >= 0.6 is 11.6 Å². The zero-order valence-corrected chi connectivity index (χ0v) is 38.7. The predicted molar refractivity (Wildman–Crippen MR) is 243 cm³/mol. The number of hydrogen-bond acceptors (Lipinski definition) is 8. The lowest BCUT2D eigenvalue weighted by molar-refractivity contribution is -0.274. The molecule has 1 aromatic heterocycles. The summed E-state index contributed by atoms with van der Waals surface area (Å²) < 4.78 is 101. The number of rotatable bonds is 12. The molecule has 3 aliphatic rings. The Labute approximate surface area is 395 Å². The number of halogens is 7. The molecule has 0 radical (unpaired) electrons. The number of hydrogen-bond donors (Lipinski definition) is 2. The van der Waals surface area contributed by atoms with Crippen LogP contribution in [-0.2, 0) is 30.4 Å². The van der Waals surface area contributed by atoms with Crippen LogP contribution in [0.15, 0.2) is 107 Å². The summed E-state index contributed by atoms with van der Waals surface area (Å²) >= 11 is 6.35. The normalized spacial score (nSPS) is 21.1. The first-order valence-corrected chi connectivity index (χ1v) is 22.5. The topological polar surface area (TPSA) is 119 Å². The van der Waals surface area contributed by atoms with Gasteiger partial charge in [-0.15, -0.1) is 13.2 Å². The first-order chi connectivity index (χ1) is 32.1. The van der Waals surface area contributed by atoms with E-state index in [2.05, 4.69) is 10.8 Å². The van der Waals surface area contributed by atoms with E-state index in [4.69, 9.17) is 25.5 Å². The van der Waals surface area contributed by atoms with Gasteiger partial charge in [0.05, 0.1) is 49.5 Å². The summed E-state index contributed by atoms with van der Waals surface area (Å²) in [7, 11) is 2.95. The Morgan fingerprint density at radius 2 is 1.59 bits per heavy atom. The first kappa shape index (κ1) is 50.1. The van der Waals surface area contributed by atoms with Crippen LogP contribution in [-0.4, -0.2) is 65.6 Å². The van der Waals surface area contributed by atoms with E-state index < -0.39 is 58.6 Å². The lowest BCUT2D eigenvalue weighted by Crippen LogP contribution is -2.53. The number of aliphatic hydroxyl groups excluding tert-OH is 1. The minimum Gasteiger partial charge on any atom is -0.493 e. The number of amides is 1.